The first-order chi connectivity index (χ1) is 17.6. The van der Waals surface area contributed by atoms with Gasteiger partial charge in [-0.05, 0) is 30.5 Å². The van der Waals surface area contributed by atoms with Crippen molar-refractivity contribution < 1.29 is 18.9 Å². The van der Waals surface area contributed by atoms with Crippen LogP contribution in [0, 0.1) is 0 Å². The summed E-state index contributed by atoms with van der Waals surface area (Å²) in [6.45, 7) is 4.19. The number of ether oxygens (including phenoxy) is 4. The second-order valence-electron chi connectivity index (χ2n) is 9.73. The van der Waals surface area contributed by atoms with Gasteiger partial charge in [0.25, 0.3) is 0 Å². The maximum atomic E-state index is 7.03. The maximum absolute atomic E-state index is 7.03. The van der Waals surface area contributed by atoms with Crippen LogP contribution in [-0.2, 0) is 24.5 Å². The lowest BCUT2D eigenvalue weighted by Crippen LogP contribution is -2.39. The van der Waals surface area contributed by atoms with Crippen molar-refractivity contribution in [2.45, 2.75) is 49.8 Å². The molecule has 2 saturated heterocycles. The summed E-state index contributed by atoms with van der Waals surface area (Å²) in [6, 6.07) is 31.1. The second kappa shape index (κ2) is 9.30. The van der Waals surface area contributed by atoms with Gasteiger partial charge in [-0.1, -0.05) is 91.0 Å². The minimum Gasteiger partial charge on any atom is -0.358 e. The van der Waals surface area contributed by atoms with Crippen molar-refractivity contribution >= 4 is 0 Å². The van der Waals surface area contributed by atoms with E-state index >= 15 is 0 Å². The third kappa shape index (κ3) is 4.06. The molecular weight excluding hydrogens is 452 g/mol. The molecule has 0 amide bonds. The van der Waals surface area contributed by atoms with Gasteiger partial charge in [-0.2, -0.15) is 0 Å². The average molecular weight is 483 g/mol. The molecule has 6 rings (SSSR count). The fourth-order valence-corrected chi connectivity index (χ4v) is 5.43. The molecule has 1 aromatic heterocycles. The van der Waals surface area contributed by atoms with Crippen molar-refractivity contribution in [1.29, 1.82) is 0 Å². The maximum Gasteiger partial charge on any atom is 0.164 e. The highest BCUT2D eigenvalue weighted by molar-refractivity contribution is 5.47. The molecular formula is C30H30N2O4. The summed E-state index contributed by atoms with van der Waals surface area (Å²) in [5.74, 6) is -0.703. The van der Waals surface area contributed by atoms with E-state index in [1.54, 1.807) is 12.5 Å². The Morgan fingerprint density at radius 3 is 1.83 bits per heavy atom. The summed E-state index contributed by atoms with van der Waals surface area (Å²) < 4.78 is 28.1. The predicted molar refractivity (Wildman–Crippen MR) is 135 cm³/mol. The molecule has 184 valence electrons. The average Bonchev–Trinajstić information content (AvgIpc) is 3.62. The van der Waals surface area contributed by atoms with Gasteiger partial charge < -0.3 is 23.5 Å². The first-order valence-corrected chi connectivity index (χ1v) is 12.4. The van der Waals surface area contributed by atoms with Crippen LogP contribution in [0.5, 0.6) is 0 Å². The molecule has 4 atom stereocenters. The molecule has 4 aromatic rings. The van der Waals surface area contributed by atoms with Crippen LogP contribution >= 0.6 is 0 Å². The number of rotatable bonds is 7. The zero-order chi connectivity index (χ0) is 24.6. The second-order valence-corrected chi connectivity index (χ2v) is 9.73. The van der Waals surface area contributed by atoms with E-state index in [-0.39, 0.29) is 24.5 Å². The Hall–Kier alpha value is -3.29. The molecule has 0 bridgehead atoms. The lowest BCUT2D eigenvalue weighted by Gasteiger charge is -2.37. The van der Waals surface area contributed by atoms with E-state index in [0.29, 0.717) is 6.61 Å². The largest absolute Gasteiger partial charge is 0.358 e. The van der Waals surface area contributed by atoms with Gasteiger partial charge in [0.1, 0.15) is 23.9 Å². The molecule has 3 aromatic carbocycles. The quantitative estimate of drug-likeness (QED) is 0.334. The van der Waals surface area contributed by atoms with Gasteiger partial charge in [-0.15, -0.1) is 0 Å². The van der Waals surface area contributed by atoms with Crippen molar-refractivity contribution in [3.63, 3.8) is 0 Å². The van der Waals surface area contributed by atoms with E-state index < -0.39 is 11.4 Å². The van der Waals surface area contributed by atoms with Crippen LogP contribution in [0.3, 0.4) is 0 Å². The van der Waals surface area contributed by atoms with Gasteiger partial charge in [0, 0.05) is 12.4 Å². The summed E-state index contributed by atoms with van der Waals surface area (Å²) in [6.07, 6.45) is 4.18. The predicted octanol–water partition coefficient (Wildman–Crippen LogP) is 5.31. The number of nitrogens with zero attached hydrogens (tertiary/aromatic N) is 2. The third-order valence-electron chi connectivity index (χ3n) is 6.95. The van der Waals surface area contributed by atoms with Crippen molar-refractivity contribution in [2.75, 3.05) is 6.61 Å². The van der Waals surface area contributed by atoms with Gasteiger partial charge in [-0.3, -0.25) is 0 Å². The standard InChI is InChI=1S/C30H30N2O4/c1-29(2)35-26-25(34-28(27(26)36-29)32-19-18-31-21-32)20-33-30(22-12-6-3-7-13-22,23-14-8-4-9-15-23)24-16-10-5-11-17-24/h3-19,21,25-28H,20H2,1-2H3/t25-,26-,27-,28+/m1/s1. The highest BCUT2D eigenvalue weighted by atomic mass is 16.8. The molecule has 0 aliphatic carbocycles. The van der Waals surface area contributed by atoms with Crippen molar-refractivity contribution in [3.8, 4) is 0 Å². The van der Waals surface area contributed by atoms with E-state index in [2.05, 4.69) is 41.4 Å². The van der Waals surface area contributed by atoms with Crippen LogP contribution in [0.2, 0.25) is 0 Å². The van der Waals surface area contributed by atoms with Crippen molar-refractivity contribution in [1.82, 2.24) is 9.55 Å². The molecule has 0 spiro atoms. The van der Waals surface area contributed by atoms with Crippen molar-refractivity contribution in [3.05, 3.63) is 126 Å². The lowest BCUT2D eigenvalue weighted by molar-refractivity contribution is -0.205. The number of hydrogen-bond donors (Lipinski definition) is 0. The summed E-state index contributed by atoms with van der Waals surface area (Å²) in [4.78, 5) is 4.20. The number of imidazole rings is 1. The van der Waals surface area contributed by atoms with E-state index in [9.17, 15) is 0 Å². The number of aromatic nitrogens is 2. The minimum atomic E-state index is -0.829. The first-order valence-electron chi connectivity index (χ1n) is 12.4. The Labute approximate surface area is 211 Å². The topological polar surface area (TPSA) is 54.7 Å². The molecule has 6 heteroatoms. The Kier molecular flexibility index (Phi) is 5.97. The van der Waals surface area contributed by atoms with Gasteiger partial charge >= 0.3 is 0 Å². The summed E-state index contributed by atoms with van der Waals surface area (Å²) in [5.41, 5.74) is 2.32. The number of benzene rings is 3. The van der Waals surface area contributed by atoms with Gasteiger partial charge in [0.15, 0.2) is 12.0 Å². The summed E-state index contributed by atoms with van der Waals surface area (Å²) in [7, 11) is 0. The van der Waals surface area contributed by atoms with E-state index in [4.69, 9.17) is 18.9 Å². The Morgan fingerprint density at radius 2 is 1.33 bits per heavy atom. The molecule has 2 aliphatic heterocycles. The molecule has 36 heavy (non-hydrogen) atoms. The molecule has 2 aliphatic rings. The monoisotopic (exact) mass is 482 g/mol. The zero-order valence-corrected chi connectivity index (χ0v) is 20.4. The van der Waals surface area contributed by atoms with Crippen LogP contribution < -0.4 is 0 Å². The molecule has 0 N–H and O–H groups in total. The van der Waals surface area contributed by atoms with Gasteiger partial charge in [0.2, 0.25) is 0 Å². The van der Waals surface area contributed by atoms with E-state index in [1.165, 1.54) is 0 Å². The fraction of sp³-hybridized carbons (Fsp3) is 0.300. The third-order valence-corrected chi connectivity index (χ3v) is 6.95. The Balaban J connectivity index is 1.39. The van der Waals surface area contributed by atoms with Crippen LogP contribution in [0.15, 0.2) is 110 Å². The normalized spacial score (nSPS) is 25.1. The van der Waals surface area contributed by atoms with Crippen LogP contribution in [0.1, 0.15) is 36.8 Å². The summed E-state index contributed by atoms with van der Waals surface area (Å²) >= 11 is 0. The SMILES string of the molecule is CC1(C)O[C@@H]2[C@H](O1)[C@@H](COC(c1ccccc1)(c1ccccc1)c1ccccc1)O[C@@H]2n1ccnc1. The molecule has 0 saturated carbocycles. The smallest absolute Gasteiger partial charge is 0.164 e. The molecule has 3 heterocycles. The molecule has 2 fully saturated rings. The molecule has 0 radical (unpaired) electrons. The summed E-state index contributed by atoms with van der Waals surface area (Å²) in [5, 5.41) is 0. The number of hydrogen-bond acceptors (Lipinski definition) is 5. The van der Waals surface area contributed by atoms with Crippen LogP contribution in [0.4, 0.5) is 0 Å². The number of fused-ring (bicyclic) bond motifs is 1. The van der Waals surface area contributed by atoms with E-state index in [1.807, 2.05) is 79.2 Å². The molecule has 6 nitrogen and oxygen atoms in total. The van der Waals surface area contributed by atoms with Crippen molar-refractivity contribution in [2.24, 2.45) is 0 Å². The van der Waals surface area contributed by atoms with Crippen LogP contribution in [0.25, 0.3) is 0 Å². The molecule has 0 unspecified atom stereocenters. The highest BCUT2D eigenvalue weighted by Gasteiger charge is 2.56. The Morgan fingerprint density at radius 1 is 0.806 bits per heavy atom. The first kappa shape index (κ1) is 23.1. The van der Waals surface area contributed by atoms with E-state index in [0.717, 1.165) is 16.7 Å². The van der Waals surface area contributed by atoms with Crippen LogP contribution in [-0.4, -0.2) is 40.3 Å². The van der Waals surface area contributed by atoms with Gasteiger partial charge in [-0.25, -0.2) is 4.98 Å². The zero-order valence-electron chi connectivity index (χ0n) is 20.4. The lowest BCUT2D eigenvalue weighted by atomic mass is 9.80. The van der Waals surface area contributed by atoms with Gasteiger partial charge in [0.05, 0.1) is 12.9 Å². The fourth-order valence-electron chi connectivity index (χ4n) is 5.43. The highest BCUT2D eigenvalue weighted by Crippen LogP contribution is 2.45. The minimum absolute atomic E-state index is 0.262. The Bertz CT molecular complexity index is 1170.